The van der Waals surface area contributed by atoms with Crippen molar-refractivity contribution >= 4 is 29.9 Å². The third kappa shape index (κ3) is 6.12. The summed E-state index contributed by atoms with van der Waals surface area (Å²) in [6.45, 7) is 9.33. The summed E-state index contributed by atoms with van der Waals surface area (Å²) in [5.74, 6) is 1.88. The van der Waals surface area contributed by atoms with Crippen LogP contribution in [0.5, 0.6) is 0 Å². The number of likely N-dealkylation sites (tertiary alicyclic amines) is 2. The average Bonchev–Trinajstić information content (AvgIpc) is 3.32. The summed E-state index contributed by atoms with van der Waals surface area (Å²) in [6, 6.07) is 9.00. The number of nitrogens with zero attached hydrogens (tertiary/aromatic N) is 3. The van der Waals surface area contributed by atoms with Crippen molar-refractivity contribution < 1.29 is 0 Å². The number of hydrogen-bond acceptors (Lipinski definition) is 2. The largest absolute Gasteiger partial charge is 0.356 e. The minimum atomic E-state index is 0. The molecule has 0 spiro atoms. The molecule has 2 heterocycles. The molecule has 1 aromatic carbocycles. The first kappa shape index (κ1) is 21.5. The predicted octanol–water partition coefficient (Wildman–Crippen LogP) is 3.40. The third-order valence-corrected chi connectivity index (χ3v) is 5.64. The number of guanidine groups is 1. The molecule has 3 rings (SSSR count). The highest BCUT2D eigenvalue weighted by atomic mass is 127. The van der Waals surface area contributed by atoms with E-state index in [4.69, 9.17) is 0 Å². The molecule has 0 aromatic heterocycles. The Bertz CT molecular complexity index is 552. The van der Waals surface area contributed by atoms with E-state index in [1.165, 1.54) is 50.0 Å². The molecule has 1 atom stereocenters. The molecule has 4 nitrogen and oxygen atoms in total. The van der Waals surface area contributed by atoms with Gasteiger partial charge >= 0.3 is 0 Å². The van der Waals surface area contributed by atoms with Crippen LogP contribution in [-0.4, -0.2) is 62.1 Å². The Balaban J connectivity index is 0.00000243. The van der Waals surface area contributed by atoms with Gasteiger partial charge in [0.05, 0.1) is 0 Å². The quantitative estimate of drug-likeness (QED) is 0.393. The van der Waals surface area contributed by atoms with Gasteiger partial charge in [-0.25, -0.2) is 0 Å². The Hall–Kier alpha value is -0.820. The fourth-order valence-electron chi connectivity index (χ4n) is 4.10. The third-order valence-electron chi connectivity index (χ3n) is 5.64. The van der Waals surface area contributed by atoms with Gasteiger partial charge in [-0.1, -0.05) is 31.2 Å². The van der Waals surface area contributed by atoms with Crippen molar-refractivity contribution in [1.82, 2.24) is 15.1 Å². The van der Waals surface area contributed by atoms with Crippen LogP contribution in [0.2, 0.25) is 0 Å². The lowest BCUT2D eigenvalue weighted by atomic mass is 10.1. The molecule has 0 radical (unpaired) electrons. The molecular formula is C21H35IN4. The standard InChI is InChI=1S/C21H34N4.HI/c1-3-18-6-8-19(9-7-18)10-12-23-21(22-2)25-15-11-20(17-25)16-24-13-4-5-14-24;/h6-9,20H,3-5,10-17H2,1-2H3,(H,22,23);1H. The molecular weight excluding hydrogens is 435 g/mol. The highest BCUT2D eigenvalue weighted by molar-refractivity contribution is 14.0. The van der Waals surface area contributed by atoms with Gasteiger partial charge in [0.15, 0.2) is 5.96 Å². The summed E-state index contributed by atoms with van der Waals surface area (Å²) in [7, 11) is 1.91. The normalized spacial score (nSPS) is 21.1. The van der Waals surface area contributed by atoms with Crippen molar-refractivity contribution in [1.29, 1.82) is 0 Å². The van der Waals surface area contributed by atoms with E-state index in [1.54, 1.807) is 0 Å². The summed E-state index contributed by atoms with van der Waals surface area (Å²) < 4.78 is 0. The molecule has 2 aliphatic rings. The molecule has 0 saturated carbocycles. The van der Waals surface area contributed by atoms with E-state index in [-0.39, 0.29) is 24.0 Å². The zero-order chi connectivity index (χ0) is 17.5. The monoisotopic (exact) mass is 470 g/mol. The lowest BCUT2D eigenvalue weighted by molar-refractivity contribution is 0.281. The zero-order valence-corrected chi connectivity index (χ0v) is 18.7. The predicted molar refractivity (Wildman–Crippen MR) is 122 cm³/mol. The lowest BCUT2D eigenvalue weighted by Crippen LogP contribution is -2.41. The molecule has 0 bridgehead atoms. The van der Waals surface area contributed by atoms with E-state index in [0.717, 1.165) is 44.4 Å². The minimum Gasteiger partial charge on any atom is -0.356 e. The van der Waals surface area contributed by atoms with Gasteiger partial charge < -0.3 is 15.1 Å². The first-order valence-corrected chi connectivity index (χ1v) is 10.0. The molecule has 1 N–H and O–H groups in total. The van der Waals surface area contributed by atoms with E-state index in [1.807, 2.05) is 7.05 Å². The Morgan fingerprint density at radius 1 is 1.12 bits per heavy atom. The van der Waals surface area contributed by atoms with Gasteiger partial charge in [-0.15, -0.1) is 24.0 Å². The smallest absolute Gasteiger partial charge is 0.193 e. The molecule has 0 aliphatic carbocycles. The molecule has 2 fully saturated rings. The van der Waals surface area contributed by atoms with Crippen LogP contribution in [0.25, 0.3) is 0 Å². The number of benzene rings is 1. The number of aliphatic imine (C=N–C) groups is 1. The van der Waals surface area contributed by atoms with Crippen LogP contribution in [0.3, 0.4) is 0 Å². The van der Waals surface area contributed by atoms with Crippen molar-refractivity contribution in [3.8, 4) is 0 Å². The summed E-state index contributed by atoms with van der Waals surface area (Å²) in [5.41, 5.74) is 2.81. The van der Waals surface area contributed by atoms with Gasteiger partial charge in [-0.2, -0.15) is 0 Å². The van der Waals surface area contributed by atoms with Crippen molar-refractivity contribution in [3.63, 3.8) is 0 Å². The van der Waals surface area contributed by atoms with Crippen LogP contribution in [0.4, 0.5) is 0 Å². The molecule has 2 saturated heterocycles. The van der Waals surface area contributed by atoms with E-state index >= 15 is 0 Å². The van der Waals surface area contributed by atoms with Crippen LogP contribution in [-0.2, 0) is 12.8 Å². The lowest BCUT2D eigenvalue weighted by Gasteiger charge is -2.23. The van der Waals surface area contributed by atoms with Gasteiger partial charge in [0, 0.05) is 33.2 Å². The Morgan fingerprint density at radius 2 is 1.81 bits per heavy atom. The zero-order valence-electron chi connectivity index (χ0n) is 16.4. The molecule has 1 aromatic rings. The maximum atomic E-state index is 4.51. The maximum absolute atomic E-state index is 4.51. The fraction of sp³-hybridized carbons (Fsp3) is 0.667. The van der Waals surface area contributed by atoms with Crippen molar-refractivity contribution in [2.75, 3.05) is 46.3 Å². The van der Waals surface area contributed by atoms with Gasteiger partial charge in [-0.3, -0.25) is 4.99 Å². The number of rotatable bonds is 6. The van der Waals surface area contributed by atoms with Crippen LogP contribution >= 0.6 is 24.0 Å². The molecule has 1 unspecified atom stereocenters. The summed E-state index contributed by atoms with van der Waals surface area (Å²) in [4.78, 5) is 9.60. The number of hydrogen-bond donors (Lipinski definition) is 1. The SMILES string of the molecule is CCc1ccc(CCNC(=NC)N2CCC(CN3CCCC3)C2)cc1.I. The van der Waals surface area contributed by atoms with Crippen molar-refractivity contribution in [3.05, 3.63) is 35.4 Å². The van der Waals surface area contributed by atoms with E-state index in [0.29, 0.717) is 0 Å². The second-order valence-corrected chi connectivity index (χ2v) is 7.50. The average molecular weight is 470 g/mol. The van der Waals surface area contributed by atoms with Gasteiger partial charge in [0.2, 0.25) is 0 Å². The number of aryl methyl sites for hydroxylation is 1. The molecule has 0 amide bonds. The highest BCUT2D eigenvalue weighted by Crippen LogP contribution is 2.20. The van der Waals surface area contributed by atoms with E-state index in [9.17, 15) is 0 Å². The fourth-order valence-corrected chi connectivity index (χ4v) is 4.10. The van der Waals surface area contributed by atoms with Crippen molar-refractivity contribution in [2.45, 2.75) is 39.0 Å². The number of nitrogens with one attached hydrogen (secondary N) is 1. The van der Waals surface area contributed by atoms with Crippen molar-refractivity contribution in [2.24, 2.45) is 10.9 Å². The van der Waals surface area contributed by atoms with Crippen LogP contribution in [0.15, 0.2) is 29.3 Å². The van der Waals surface area contributed by atoms with Gasteiger partial charge in [-0.05, 0) is 62.2 Å². The van der Waals surface area contributed by atoms with Crippen LogP contribution in [0.1, 0.15) is 37.3 Å². The molecule has 2 aliphatic heterocycles. The Morgan fingerprint density at radius 3 is 2.46 bits per heavy atom. The Labute approximate surface area is 176 Å². The minimum absolute atomic E-state index is 0. The van der Waals surface area contributed by atoms with E-state index in [2.05, 4.69) is 51.3 Å². The van der Waals surface area contributed by atoms with Crippen LogP contribution < -0.4 is 5.32 Å². The van der Waals surface area contributed by atoms with E-state index < -0.39 is 0 Å². The van der Waals surface area contributed by atoms with Gasteiger partial charge in [0.25, 0.3) is 0 Å². The molecule has 26 heavy (non-hydrogen) atoms. The summed E-state index contributed by atoms with van der Waals surface area (Å²) in [5, 5.41) is 3.56. The first-order valence-electron chi connectivity index (χ1n) is 10.0. The number of halogens is 1. The van der Waals surface area contributed by atoms with Gasteiger partial charge in [0.1, 0.15) is 0 Å². The second-order valence-electron chi connectivity index (χ2n) is 7.50. The summed E-state index contributed by atoms with van der Waals surface area (Å²) in [6.07, 6.45) is 6.24. The second kappa shape index (κ2) is 11.1. The molecule has 146 valence electrons. The first-order chi connectivity index (χ1) is 12.3. The maximum Gasteiger partial charge on any atom is 0.193 e. The topological polar surface area (TPSA) is 30.9 Å². The van der Waals surface area contributed by atoms with Crippen LogP contribution in [0, 0.1) is 5.92 Å². The highest BCUT2D eigenvalue weighted by Gasteiger charge is 2.27. The molecule has 5 heteroatoms. The Kier molecular flexibility index (Phi) is 9.19. The summed E-state index contributed by atoms with van der Waals surface area (Å²) >= 11 is 0.